The molecule has 0 saturated carbocycles. The summed E-state index contributed by atoms with van der Waals surface area (Å²) in [6.07, 6.45) is 1.44. The molecule has 0 aromatic rings. The number of hydrogen-bond donors (Lipinski definition) is 0. The lowest BCUT2D eigenvalue weighted by molar-refractivity contribution is -0.155. The van der Waals surface area contributed by atoms with E-state index in [1.54, 1.807) is 6.92 Å². The number of hydrogen-bond acceptors (Lipinski definition) is 6. The van der Waals surface area contributed by atoms with Gasteiger partial charge in [-0.2, -0.15) is 0 Å². The van der Waals surface area contributed by atoms with Gasteiger partial charge in [-0.25, -0.2) is 0 Å². The van der Waals surface area contributed by atoms with E-state index in [1.807, 2.05) is 6.92 Å². The van der Waals surface area contributed by atoms with E-state index < -0.39 is 5.97 Å². The van der Waals surface area contributed by atoms with Crippen LogP contribution in [0.2, 0.25) is 0 Å². The first-order chi connectivity index (χ1) is 9.01. The van der Waals surface area contributed by atoms with Crippen molar-refractivity contribution >= 4 is 17.9 Å². The number of rotatable bonds is 9. The molecule has 0 aromatic carbocycles. The van der Waals surface area contributed by atoms with Crippen molar-refractivity contribution < 1.29 is 28.6 Å². The Kier molecular flexibility index (Phi) is 9.48. The van der Waals surface area contributed by atoms with E-state index in [-0.39, 0.29) is 43.9 Å². The Morgan fingerprint density at radius 2 is 1.58 bits per heavy atom. The highest BCUT2D eigenvalue weighted by Crippen LogP contribution is 2.03. The van der Waals surface area contributed by atoms with Crippen molar-refractivity contribution in [1.29, 1.82) is 0 Å². The van der Waals surface area contributed by atoms with Crippen LogP contribution in [0.1, 0.15) is 39.5 Å². The SMILES string of the molecule is CCC(C)C(=O)OCCOC(=O)CCCC(=O)OC. The van der Waals surface area contributed by atoms with Crippen molar-refractivity contribution in [2.75, 3.05) is 20.3 Å². The van der Waals surface area contributed by atoms with Gasteiger partial charge in [0.15, 0.2) is 0 Å². The van der Waals surface area contributed by atoms with Crippen molar-refractivity contribution in [2.24, 2.45) is 5.92 Å². The van der Waals surface area contributed by atoms with Gasteiger partial charge in [-0.1, -0.05) is 13.8 Å². The van der Waals surface area contributed by atoms with Crippen molar-refractivity contribution in [3.8, 4) is 0 Å². The molecule has 0 radical (unpaired) electrons. The number of carbonyl (C=O) groups is 3. The number of methoxy groups -OCH3 is 1. The first kappa shape index (κ1) is 17.4. The van der Waals surface area contributed by atoms with Gasteiger partial charge in [0.25, 0.3) is 0 Å². The molecule has 0 bridgehead atoms. The van der Waals surface area contributed by atoms with Crippen molar-refractivity contribution in [3.05, 3.63) is 0 Å². The second-order valence-electron chi connectivity index (χ2n) is 4.13. The molecule has 0 heterocycles. The van der Waals surface area contributed by atoms with E-state index in [9.17, 15) is 14.4 Å². The molecule has 1 atom stereocenters. The summed E-state index contributed by atoms with van der Waals surface area (Å²) < 4.78 is 14.2. The normalized spacial score (nSPS) is 11.5. The molecule has 0 spiro atoms. The molecule has 0 aliphatic carbocycles. The molecule has 0 N–H and O–H groups in total. The first-order valence-electron chi connectivity index (χ1n) is 6.40. The summed E-state index contributed by atoms with van der Waals surface area (Å²) in [5.41, 5.74) is 0. The summed E-state index contributed by atoms with van der Waals surface area (Å²) in [5, 5.41) is 0. The summed E-state index contributed by atoms with van der Waals surface area (Å²) in [6.45, 7) is 3.78. The molecular weight excluding hydrogens is 252 g/mol. The Hall–Kier alpha value is -1.59. The predicted molar refractivity (Wildman–Crippen MR) is 67.2 cm³/mol. The van der Waals surface area contributed by atoms with Crippen LogP contribution < -0.4 is 0 Å². The largest absolute Gasteiger partial charge is 0.469 e. The quantitative estimate of drug-likeness (QED) is 0.360. The second kappa shape index (κ2) is 10.3. The van der Waals surface area contributed by atoms with Crippen LogP contribution in [0, 0.1) is 5.92 Å². The molecule has 0 aromatic heterocycles. The smallest absolute Gasteiger partial charge is 0.308 e. The minimum absolute atomic E-state index is 0.0409. The maximum Gasteiger partial charge on any atom is 0.308 e. The minimum atomic E-state index is -0.413. The zero-order valence-corrected chi connectivity index (χ0v) is 11.8. The summed E-state index contributed by atoms with van der Waals surface area (Å²) in [6, 6.07) is 0. The Labute approximate surface area is 113 Å². The van der Waals surface area contributed by atoms with Gasteiger partial charge in [-0.05, 0) is 12.8 Å². The number of carbonyl (C=O) groups excluding carboxylic acids is 3. The maximum absolute atomic E-state index is 11.3. The monoisotopic (exact) mass is 274 g/mol. The highest BCUT2D eigenvalue weighted by Gasteiger charge is 2.12. The topological polar surface area (TPSA) is 78.9 Å². The Morgan fingerprint density at radius 3 is 2.16 bits per heavy atom. The molecule has 0 aliphatic heterocycles. The van der Waals surface area contributed by atoms with Crippen molar-refractivity contribution in [1.82, 2.24) is 0 Å². The van der Waals surface area contributed by atoms with E-state index in [4.69, 9.17) is 9.47 Å². The van der Waals surface area contributed by atoms with Gasteiger partial charge in [0, 0.05) is 12.8 Å². The van der Waals surface area contributed by atoms with Gasteiger partial charge in [0.05, 0.1) is 13.0 Å². The van der Waals surface area contributed by atoms with Gasteiger partial charge < -0.3 is 14.2 Å². The van der Waals surface area contributed by atoms with Crippen LogP contribution in [0.5, 0.6) is 0 Å². The summed E-state index contributed by atoms with van der Waals surface area (Å²) in [4.78, 5) is 33.3. The summed E-state index contributed by atoms with van der Waals surface area (Å²) in [5.74, 6) is -1.20. The molecule has 110 valence electrons. The Bertz CT molecular complexity index is 300. The highest BCUT2D eigenvalue weighted by molar-refractivity contribution is 5.73. The zero-order chi connectivity index (χ0) is 14.7. The Morgan fingerprint density at radius 1 is 1.00 bits per heavy atom. The van der Waals surface area contributed by atoms with Gasteiger partial charge in [0.1, 0.15) is 13.2 Å². The van der Waals surface area contributed by atoms with Crippen LogP contribution in [0.25, 0.3) is 0 Å². The number of esters is 3. The van der Waals surface area contributed by atoms with Gasteiger partial charge >= 0.3 is 17.9 Å². The van der Waals surface area contributed by atoms with E-state index in [0.717, 1.165) is 0 Å². The highest BCUT2D eigenvalue weighted by atomic mass is 16.6. The molecule has 19 heavy (non-hydrogen) atoms. The summed E-state index contributed by atoms with van der Waals surface area (Å²) in [7, 11) is 1.30. The van der Waals surface area contributed by atoms with Crippen LogP contribution in [0.15, 0.2) is 0 Å². The third-order valence-corrected chi connectivity index (χ3v) is 2.59. The molecular formula is C13H22O6. The van der Waals surface area contributed by atoms with Crippen molar-refractivity contribution in [3.63, 3.8) is 0 Å². The van der Waals surface area contributed by atoms with Crippen LogP contribution >= 0.6 is 0 Å². The van der Waals surface area contributed by atoms with E-state index in [1.165, 1.54) is 7.11 Å². The molecule has 0 saturated heterocycles. The fourth-order valence-corrected chi connectivity index (χ4v) is 1.16. The standard InChI is InChI=1S/C13H22O6/c1-4-10(2)13(16)19-9-8-18-12(15)7-5-6-11(14)17-3/h10H,4-9H2,1-3H3. The zero-order valence-electron chi connectivity index (χ0n) is 11.8. The third kappa shape index (κ3) is 9.04. The first-order valence-corrected chi connectivity index (χ1v) is 6.40. The lowest BCUT2D eigenvalue weighted by Gasteiger charge is -2.09. The molecule has 6 nitrogen and oxygen atoms in total. The van der Waals surface area contributed by atoms with Crippen LogP contribution in [-0.4, -0.2) is 38.2 Å². The van der Waals surface area contributed by atoms with E-state index in [2.05, 4.69) is 4.74 Å². The lowest BCUT2D eigenvalue weighted by atomic mass is 10.1. The second-order valence-corrected chi connectivity index (χ2v) is 4.13. The van der Waals surface area contributed by atoms with Crippen LogP contribution in [-0.2, 0) is 28.6 Å². The average Bonchev–Trinajstić information content (AvgIpc) is 2.41. The van der Waals surface area contributed by atoms with Gasteiger partial charge in [-0.3, -0.25) is 14.4 Å². The predicted octanol–water partition coefficient (Wildman–Crippen LogP) is 1.46. The molecule has 0 rings (SSSR count). The van der Waals surface area contributed by atoms with Gasteiger partial charge in [0.2, 0.25) is 0 Å². The maximum atomic E-state index is 11.3. The number of ether oxygens (including phenoxy) is 3. The van der Waals surface area contributed by atoms with Crippen molar-refractivity contribution in [2.45, 2.75) is 39.5 Å². The van der Waals surface area contributed by atoms with Crippen LogP contribution in [0.4, 0.5) is 0 Å². The average molecular weight is 274 g/mol. The summed E-state index contributed by atoms with van der Waals surface area (Å²) >= 11 is 0. The molecule has 0 fully saturated rings. The van der Waals surface area contributed by atoms with E-state index >= 15 is 0 Å². The van der Waals surface area contributed by atoms with E-state index in [0.29, 0.717) is 12.8 Å². The lowest BCUT2D eigenvalue weighted by Crippen LogP contribution is -2.18. The molecule has 0 aliphatic rings. The fraction of sp³-hybridized carbons (Fsp3) is 0.769. The third-order valence-electron chi connectivity index (χ3n) is 2.59. The molecule has 0 amide bonds. The van der Waals surface area contributed by atoms with Gasteiger partial charge in [-0.15, -0.1) is 0 Å². The molecule has 6 heteroatoms. The molecule has 1 unspecified atom stereocenters. The van der Waals surface area contributed by atoms with Crippen LogP contribution in [0.3, 0.4) is 0 Å². The Balaban J connectivity index is 3.53. The minimum Gasteiger partial charge on any atom is -0.469 e. The fourth-order valence-electron chi connectivity index (χ4n) is 1.16.